The van der Waals surface area contributed by atoms with Crippen LogP contribution < -0.4 is 0 Å². The summed E-state index contributed by atoms with van der Waals surface area (Å²) in [6, 6.07) is 2.86. The summed E-state index contributed by atoms with van der Waals surface area (Å²) in [5.74, 6) is -0.893. The van der Waals surface area contributed by atoms with Crippen LogP contribution in [0.4, 0.5) is 8.78 Å². The van der Waals surface area contributed by atoms with Crippen molar-refractivity contribution in [2.75, 3.05) is 7.11 Å². The molecule has 0 saturated carbocycles. The average molecular weight is 226 g/mol. The third kappa shape index (κ3) is 2.14. The maximum Gasteiger partial charge on any atom is 0.339 e. The molecule has 0 bridgehead atoms. The second-order valence-electron chi connectivity index (χ2n) is 2.99. The summed E-state index contributed by atoms with van der Waals surface area (Å²) in [5.41, 5.74) is -0.807. The molecule has 1 aromatic heterocycles. The molecule has 6 heteroatoms. The van der Waals surface area contributed by atoms with Gasteiger partial charge in [0.25, 0.3) is 6.43 Å². The molecule has 0 N–H and O–H groups in total. The van der Waals surface area contributed by atoms with E-state index < -0.39 is 18.1 Å². The van der Waals surface area contributed by atoms with Crippen molar-refractivity contribution in [1.82, 2.24) is 4.98 Å². The summed E-state index contributed by atoms with van der Waals surface area (Å²) < 4.78 is 29.5. The number of methoxy groups -OCH3 is 1. The van der Waals surface area contributed by atoms with Gasteiger partial charge in [-0.25, -0.2) is 18.6 Å². The van der Waals surface area contributed by atoms with E-state index in [2.05, 4.69) is 9.72 Å². The highest BCUT2D eigenvalue weighted by Gasteiger charge is 2.22. The Hall–Kier alpha value is -2.03. The highest BCUT2D eigenvalue weighted by Crippen LogP contribution is 2.23. The van der Waals surface area contributed by atoms with Gasteiger partial charge in [-0.15, -0.1) is 0 Å². The molecule has 0 unspecified atom stereocenters. The molecule has 0 amide bonds. The largest absolute Gasteiger partial charge is 0.465 e. The maximum absolute atomic E-state index is 12.6. The van der Waals surface area contributed by atoms with E-state index >= 15 is 0 Å². The molecule has 1 aromatic rings. The first-order valence-electron chi connectivity index (χ1n) is 4.29. The number of aromatic nitrogens is 1. The van der Waals surface area contributed by atoms with Gasteiger partial charge in [-0.05, 0) is 18.6 Å². The molecule has 4 nitrogen and oxygen atoms in total. The lowest BCUT2D eigenvalue weighted by atomic mass is 10.1. The first-order valence-corrected chi connectivity index (χ1v) is 4.29. The number of hydrogen-bond acceptors (Lipinski definition) is 4. The van der Waals surface area contributed by atoms with Crippen LogP contribution in [0.15, 0.2) is 6.07 Å². The SMILES string of the molecule is COC(=O)c1cc(C)c(C#N)nc1C(F)F. The summed E-state index contributed by atoms with van der Waals surface area (Å²) in [6.07, 6.45) is -2.93. The van der Waals surface area contributed by atoms with Crippen LogP contribution in [0.3, 0.4) is 0 Å². The first kappa shape index (κ1) is 12.0. The number of alkyl halides is 2. The van der Waals surface area contributed by atoms with Gasteiger partial charge in [0.05, 0.1) is 12.7 Å². The van der Waals surface area contributed by atoms with Crippen LogP contribution in [0.2, 0.25) is 0 Å². The molecule has 0 fully saturated rings. The Balaban J connectivity index is 3.43. The van der Waals surface area contributed by atoms with Crippen molar-refractivity contribution in [2.45, 2.75) is 13.3 Å². The van der Waals surface area contributed by atoms with Gasteiger partial charge in [-0.1, -0.05) is 0 Å². The average Bonchev–Trinajstić information content (AvgIpc) is 2.27. The number of pyridine rings is 1. The smallest absolute Gasteiger partial charge is 0.339 e. The summed E-state index contributed by atoms with van der Waals surface area (Å²) in [6.45, 7) is 1.51. The Morgan fingerprint density at radius 1 is 1.62 bits per heavy atom. The molecular formula is C10H8F2N2O2. The Kier molecular flexibility index (Phi) is 3.51. The second kappa shape index (κ2) is 4.66. The van der Waals surface area contributed by atoms with Crippen molar-refractivity contribution >= 4 is 5.97 Å². The van der Waals surface area contributed by atoms with Crippen molar-refractivity contribution < 1.29 is 18.3 Å². The van der Waals surface area contributed by atoms with Gasteiger partial charge < -0.3 is 4.74 Å². The third-order valence-corrected chi connectivity index (χ3v) is 1.96. The number of halogens is 2. The van der Waals surface area contributed by atoms with E-state index in [0.29, 0.717) is 5.56 Å². The van der Waals surface area contributed by atoms with Crippen LogP contribution in [0.1, 0.15) is 33.7 Å². The molecule has 16 heavy (non-hydrogen) atoms. The third-order valence-electron chi connectivity index (χ3n) is 1.96. The van der Waals surface area contributed by atoms with Gasteiger partial charge in [0, 0.05) is 0 Å². The van der Waals surface area contributed by atoms with E-state index in [1.165, 1.54) is 13.0 Å². The maximum atomic E-state index is 12.6. The van der Waals surface area contributed by atoms with E-state index in [4.69, 9.17) is 5.26 Å². The van der Waals surface area contributed by atoms with Crippen molar-refractivity contribution in [3.8, 4) is 6.07 Å². The number of hydrogen-bond donors (Lipinski definition) is 0. The molecule has 0 saturated heterocycles. The van der Waals surface area contributed by atoms with Gasteiger partial charge in [0.1, 0.15) is 17.5 Å². The number of ether oxygens (including phenoxy) is 1. The monoisotopic (exact) mass is 226 g/mol. The van der Waals surface area contributed by atoms with Crippen molar-refractivity contribution in [1.29, 1.82) is 5.26 Å². The number of carbonyl (C=O) groups excluding carboxylic acids is 1. The molecule has 0 radical (unpaired) electrons. The molecule has 0 aromatic carbocycles. The highest BCUT2D eigenvalue weighted by molar-refractivity contribution is 5.91. The molecule has 1 rings (SSSR count). The van der Waals surface area contributed by atoms with Crippen molar-refractivity contribution in [3.63, 3.8) is 0 Å². The minimum Gasteiger partial charge on any atom is -0.465 e. The fourth-order valence-electron chi connectivity index (χ4n) is 1.18. The first-order chi connectivity index (χ1) is 7.51. The minimum absolute atomic E-state index is 0.122. The Morgan fingerprint density at radius 2 is 2.25 bits per heavy atom. The summed E-state index contributed by atoms with van der Waals surface area (Å²) >= 11 is 0. The fraction of sp³-hybridized carbons (Fsp3) is 0.300. The van der Waals surface area contributed by atoms with Crippen LogP contribution in [-0.4, -0.2) is 18.1 Å². The molecule has 84 valence electrons. The summed E-state index contributed by atoms with van der Waals surface area (Å²) in [7, 11) is 1.09. The Bertz CT molecular complexity index is 467. The van der Waals surface area contributed by atoms with Gasteiger partial charge in [0.2, 0.25) is 0 Å². The topological polar surface area (TPSA) is 63.0 Å². The lowest BCUT2D eigenvalue weighted by Gasteiger charge is -2.08. The van der Waals surface area contributed by atoms with Crippen LogP contribution >= 0.6 is 0 Å². The summed E-state index contributed by atoms with van der Waals surface area (Å²) in [4.78, 5) is 14.7. The van der Waals surface area contributed by atoms with Gasteiger partial charge in [0.15, 0.2) is 0 Å². The summed E-state index contributed by atoms with van der Waals surface area (Å²) in [5, 5.41) is 8.64. The number of nitriles is 1. The van der Waals surface area contributed by atoms with Crippen LogP contribution in [0, 0.1) is 18.3 Å². The van der Waals surface area contributed by atoms with Crippen molar-refractivity contribution in [2.24, 2.45) is 0 Å². The lowest BCUT2D eigenvalue weighted by molar-refractivity contribution is 0.0587. The Morgan fingerprint density at radius 3 is 2.69 bits per heavy atom. The number of nitrogens with zero attached hydrogens (tertiary/aromatic N) is 2. The molecule has 0 atom stereocenters. The van der Waals surface area contributed by atoms with Gasteiger partial charge in [-0.2, -0.15) is 5.26 Å². The van der Waals surface area contributed by atoms with E-state index in [0.717, 1.165) is 7.11 Å². The predicted molar refractivity (Wildman–Crippen MR) is 50.0 cm³/mol. The van der Waals surface area contributed by atoms with E-state index in [1.54, 1.807) is 6.07 Å². The molecule has 0 aliphatic carbocycles. The Labute approximate surface area is 90.5 Å². The van der Waals surface area contributed by atoms with Crippen LogP contribution in [0.5, 0.6) is 0 Å². The molecule has 0 aliphatic rings. The normalized spacial score (nSPS) is 10.0. The lowest BCUT2D eigenvalue weighted by Crippen LogP contribution is -2.10. The zero-order valence-corrected chi connectivity index (χ0v) is 8.62. The van der Waals surface area contributed by atoms with Crippen LogP contribution in [0.25, 0.3) is 0 Å². The predicted octanol–water partition coefficient (Wildman–Crippen LogP) is 1.99. The zero-order chi connectivity index (χ0) is 12.3. The van der Waals surface area contributed by atoms with E-state index in [-0.39, 0.29) is 11.3 Å². The zero-order valence-electron chi connectivity index (χ0n) is 8.62. The number of carbonyl (C=O) groups is 1. The number of rotatable bonds is 2. The van der Waals surface area contributed by atoms with E-state index in [9.17, 15) is 13.6 Å². The molecular weight excluding hydrogens is 218 g/mol. The number of esters is 1. The van der Waals surface area contributed by atoms with Gasteiger partial charge >= 0.3 is 5.97 Å². The highest BCUT2D eigenvalue weighted by atomic mass is 19.3. The fourth-order valence-corrected chi connectivity index (χ4v) is 1.18. The quantitative estimate of drug-likeness (QED) is 0.723. The van der Waals surface area contributed by atoms with E-state index in [1.807, 2.05) is 0 Å². The van der Waals surface area contributed by atoms with Crippen molar-refractivity contribution in [3.05, 3.63) is 28.6 Å². The molecule has 0 spiro atoms. The molecule has 0 aliphatic heterocycles. The van der Waals surface area contributed by atoms with Crippen LogP contribution in [-0.2, 0) is 4.74 Å². The van der Waals surface area contributed by atoms with Gasteiger partial charge in [-0.3, -0.25) is 0 Å². The second-order valence-corrected chi connectivity index (χ2v) is 2.99. The minimum atomic E-state index is -2.93. The number of aryl methyl sites for hydroxylation is 1. The standard InChI is InChI=1S/C10H8F2N2O2/c1-5-3-6(10(15)16-2)8(9(11)12)14-7(5)4-13/h3,9H,1-2H3. The molecule has 1 heterocycles.